The van der Waals surface area contributed by atoms with Crippen molar-refractivity contribution in [2.75, 3.05) is 31.1 Å². The van der Waals surface area contributed by atoms with Crippen molar-refractivity contribution < 1.29 is 9.21 Å². The predicted octanol–water partition coefficient (Wildman–Crippen LogP) is 4.14. The molecule has 2 aromatic carbocycles. The Morgan fingerprint density at radius 3 is 2.50 bits per heavy atom. The smallest absolute Gasteiger partial charge is 0.273 e. The summed E-state index contributed by atoms with van der Waals surface area (Å²) in [5.74, 6) is 0.335. The van der Waals surface area contributed by atoms with Crippen molar-refractivity contribution in [3.63, 3.8) is 0 Å². The number of amides is 1. The van der Waals surface area contributed by atoms with Crippen LogP contribution in [0.5, 0.6) is 0 Å². The van der Waals surface area contributed by atoms with Gasteiger partial charge in [0.05, 0.1) is 12.6 Å². The number of halogens is 1. The van der Waals surface area contributed by atoms with E-state index in [0.29, 0.717) is 18.1 Å². The molecule has 0 aliphatic carbocycles. The van der Waals surface area contributed by atoms with Crippen molar-refractivity contribution in [3.05, 3.63) is 83.0 Å². The number of piperazine rings is 1. The average molecular weight is 425 g/mol. The van der Waals surface area contributed by atoms with Gasteiger partial charge in [0, 0.05) is 36.9 Å². The van der Waals surface area contributed by atoms with Crippen molar-refractivity contribution in [3.8, 4) is 0 Å². The van der Waals surface area contributed by atoms with Gasteiger partial charge in [-0.2, -0.15) is 0 Å². The van der Waals surface area contributed by atoms with E-state index < -0.39 is 0 Å². The third-order valence-electron chi connectivity index (χ3n) is 5.35. The zero-order valence-electron chi connectivity index (χ0n) is 16.9. The maximum Gasteiger partial charge on any atom is 0.273 e. The van der Waals surface area contributed by atoms with Crippen molar-refractivity contribution >= 4 is 23.2 Å². The monoisotopic (exact) mass is 424 g/mol. The number of nitrogens with one attached hydrogen (secondary N) is 1. The van der Waals surface area contributed by atoms with Gasteiger partial charge in [0.2, 0.25) is 5.89 Å². The molecule has 4 rings (SSSR count). The van der Waals surface area contributed by atoms with Crippen LogP contribution in [0.1, 0.15) is 34.9 Å². The molecule has 0 unspecified atom stereocenters. The summed E-state index contributed by atoms with van der Waals surface area (Å²) in [6.45, 7) is 6.19. The Morgan fingerprint density at radius 1 is 1.10 bits per heavy atom. The molecule has 1 fully saturated rings. The lowest BCUT2D eigenvalue weighted by molar-refractivity contribution is 0.0934. The lowest BCUT2D eigenvalue weighted by Crippen LogP contribution is -2.46. The first-order valence-corrected chi connectivity index (χ1v) is 10.5. The Labute approximate surface area is 181 Å². The summed E-state index contributed by atoms with van der Waals surface area (Å²) >= 11 is 5.97. The highest BCUT2D eigenvalue weighted by Crippen LogP contribution is 2.20. The zero-order chi connectivity index (χ0) is 20.9. The van der Waals surface area contributed by atoms with E-state index in [2.05, 4.69) is 20.1 Å². The standard InChI is InChI=1S/C23H25ClN4O2/c1-17(18-5-3-2-4-6-18)25-23(29)21-16-30-22(26-21)15-27-11-13-28(14-12-27)20-9-7-19(24)8-10-20/h2-10,16-17H,11-15H2,1H3,(H,25,29)/t17-/m0/s1. The fourth-order valence-electron chi connectivity index (χ4n) is 3.59. The molecule has 1 aliphatic rings. The van der Waals surface area contributed by atoms with Crippen molar-refractivity contribution in [1.82, 2.24) is 15.2 Å². The Balaban J connectivity index is 1.28. The van der Waals surface area contributed by atoms with Gasteiger partial charge in [-0.3, -0.25) is 9.69 Å². The van der Waals surface area contributed by atoms with Crippen LogP contribution in [0, 0.1) is 0 Å². The van der Waals surface area contributed by atoms with Gasteiger partial charge in [-0.15, -0.1) is 0 Å². The maximum atomic E-state index is 12.5. The normalized spacial score (nSPS) is 15.7. The molecule has 0 saturated carbocycles. The maximum absolute atomic E-state index is 12.5. The molecule has 1 amide bonds. The molecular weight excluding hydrogens is 400 g/mol. The molecule has 1 aliphatic heterocycles. The van der Waals surface area contributed by atoms with Crippen LogP contribution in [0.4, 0.5) is 5.69 Å². The lowest BCUT2D eigenvalue weighted by atomic mass is 10.1. The Hall–Kier alpha value is -2.83. The molecule has 156 valence electrons. The second kappa shape index (κ2) is 9.32. The Bertz CT molecular complexity index is 966. The molecule has 0 spiro atoms. The molecule has 6 nitrogen and oxygen atoms in total. The number of rotatable bonds is 6. The first-order valence-electron chi connectivity index (χ1n) is 10.1. The molecule has 0 radical (unpaired) electrons. The quantitative estimate of drug-likeness (QED) is 0.644. The third kappa shape index (κ3) is 5.01. The SMILES string of the molecule is C[C@H](NC(=O)c1coc(CN2CCN(c3ccc(Cl)cc3)CC2)n1)c1ccccc1. The summed E-state index contributed by atoms with van der Waals surface area (Å²) in [7, 11) is 0. The molecule has 3 aromatic rings. The summed E-state index contributed by atoms with van der Waals surface area (Å²) in [6, 6.07) is 17.7. The van der Waals surface area contributed by atoms with Crippen LogP contribution in [0.15, 0.2) is 65.3 Å². The Morgan fingerprint density at radius 2 is 1.80 bits per heavy atom. The van der Waals surface area contributed by atoms with Gasteiger partial charge in [-0.05, 0) is 36.8 Å². The number of oxazole rings is 1. The number of anilines is 1. The highest BCUT2D eigenvalue weighted by molar-refractivity contribution is 6.30. The summed E-state index contributed by atoms with van der Waals surface area (Å²) in [4.78, 5) is 21.5. The zero-order valence-corrected chi connectivity index (χ0v) is 17.7. The van der Waals surface area contributed by atoms with Gasteiger partial charge in [-0.25, -0.2) is 4.98 Å². The predicted molar refractivity (Wildman–Crippen MR) is 118 cm³/mol. The highest BCUT2D eigenvalue weighted by Gasteiger charge is 2.20. The summed E-state index contributed by atoms with van der Waals surface area (Å²) in [5, 5.41) is 3.72. The van der Waals surface area contributed by atoms with Crippen LogP contribution in [0.3, 0.4) is 0 Å². The van der Waals surface area contributed by atoms with Gasteiger partial charge in [0.1, 0.15) is 6.26 Å². The van der Waals surface area contributed by atoms with Gasteiger partial charge < -0.3 is 14.6 Å². The summed E-state index contributed by atoms with van der Waals surface area (Å²) in [5.41, 5.74) is 2.54. The van der Waals surface area contributed by atoms with E-state index in [0.717, 1.165) is 36.8 Å². The van der Waals surface area contributed by atoms with Crippen LogP contribution < -0.4 is 10.2 Å². The molecule has 1 N–H and O–H groups in total. The van der Waals surface area contributed by atoms with Gasteiger partial charge in [-0.1, -0.05) is 41.9 Å². The van der Waals surface area contributed by atoms with Gasteiger partial charge in [0.15, 0.2) is 5.69 Å². The van der Waals surface area contributed by atoms with Crippen LogP contribution in [-0.2, 0) is 6.54 Å². The van der Waals surface area contributed by atoms with E-state index in [4.69, 9.17) is 16.0 Å². The van der Waals surface area contributed by atoms with Crippen molar-refractivity contribution in [2.24, 2.45) is 0 Å². The minimum Gasteiger partial charge on any atom is -0.447 e. The molecule has 7 heteroatoms. The second-order valence-electron chi connectivity index (χ2n) is 7.47. The first-order chi connectivity index (χ1) is 14.6. The summed E-state index contributed by atoms with van der Waals surface area (Å²) in [6.07, 6.45) is 1.44. The van der Waals surface area contributed by atoms with Crippen molar-refractivity contribution in [2.45, 2.75) is 19.5 Å². The minimum absolute atomic E-state index is 0.0974. The lowest BCUT2D eigenvalue weighted by Gasteiger charge is -2.35. The average Bonchev–Trinajstić information content (AvgIpc) is 3.24. The van der Waals surface area contributed by atoms with E-state index in [-0.39, 0.29) is 11.9 Å². The number of carbonyl (C=O) groups is 1. The molecule has 30 heavy (non-hydrogen) atoms. The molecule has 1 aromatic heterocycles. The number of aromatic nitrogens is 1. The number of nitrogens with zero attached hydrogens (tertiary/aromatic N) is 3. The van der Waals surface area contributed by atoms with Crippen LogP contribution >= 0.6 is 11.6 Å². The second-order valence-corrected chi connectivity index (χ2v) is 7.91. The first kappa shape index (κ1) is 20.4. The number of hydrogen-bond acceptors (Lipinski definition) is 5. The van der Waals surface area contributed by atoms with E-state index in [1.807, 2.05) is 61.5 Å². The van der Waals surface area contributed by atoms with E-state index >= 15 is 0 Å². The topological polar surface area (TPSA) is 61.6 Å². The minimum atomic E-state index is -0.228. The fraction of sp³-hybridized carbons (Fsp3) is 0.304. The highest BCUT2D eigenvalue weighted by atomic mass is 35.5. The number of hydrogen-bond donors (Lipinski definition) is 1. The van der Waals surface area contributed by atoms with E-state index in [9.17, 15) is 4.79 Å². The molecule has 1 atom stereocenters. The van der Waals surface area contributed by atoms with Crippen LogP contribution in [0.25, 0.3) is 0 Å². The molecular formula is C23H25ClN4O2. The molecule has 2 heterocycles. The Kier molecular flexibility index (Phi) is 6.35. The van der Waals surface area contributed by atoms with E-state index in [1.54, 1.807) is 0 Å². The third-order valence-corrected chi connectivity index (χ3v) is 5.61. The van der Waals surface area contributed by atoms with Gasteiger partial charge >= 0.3 is 0 Å². The van der Waals surface area contributed by atoms with E-state index in [1.165, 1.54) is 12.0 Å². The molecule has 0 bridgehead atoms. The largest absolute Gasteiger partial charge is 0.447 e. The molecule has 1 saturated heterocycles. The van der Waals surface area contributed by atoms with Crippen molar-refractivity contribution in [1.29, 1.82) is 0 Å². The van der Waals surface area contributed by atoms with Crippen LogP contribution in [0.2, 0.25) is 5.02 Å². The van der Waals surface area contributed by atoms with Gasteiger partial charge in [0.25, 0.3) is 5.91 Å². The fourth-order valence-corrected chi connectivity index (χ4v) is 3.72. The van der Waals surface area contributed by atoms with Crippen LogP contribution in [-0.4, -0.2) is 42.0 Å². The summed E-state index contributed by atoms with van der Waals surface area (Å²) < 4.78 is 5.56. The number of carbonyl (C=O) groups excluding carboxylic acids is 1. The number of benzene rings is 2.